The Morgan fingerprint density at radius 2 is 1.47 bits per heavy atom. The van der Waals surface area contributed by atoms with Crippen LogP contribution in [0.4, 0.5) is 10.5 Å². The van der Waals surface area contributed by atoms with Gasteiger partial charge in [-0.25, -0.2) is 19.7 Å². The molecule has 0 bridgehead atoms. The second kappa shape index (κ2) is 12.8. The Morgan fingerprint density at radius 1 is 0.830 bits per heavy atom. The van der Waals surface area contributed by atoms with Gasteiger partial charge in [0.1, 0.15) is 17.2 Å². The molecule has 3 aromatic carbocycles. The zero-order chi connectivity index (χ0) is 33.3. The Morgan fingerprint density at radius 3 is 2.09 bits per heavy atom. The van der Waals surface area contributed by atoms with Crippen LogP contribution >= 0.6 is 0 Å². The van der Waals surface area contributed by atoms with Crippen molar-refractivity contribution in [1.82, 2.24) is 14.5 Å². The highest BCUT2D eigenvalue weighted by atomic mass is 16.7. The maximum absolute atomic E-state index is 13.4. The first kappa shape index (κ1) is 31.7. The lowest BCUT2D eigenvalue weighted by atomic mass is 10.0. The minimum atomic E-state index is -0.756. The number of hydrogen-bond acceptors (Lipinski definition) is 7. The molecule has 1 aliphatic rings. The molecule has 0 aliphatic carbocycles. The van der Waals surface area contributed by atoms with Crippen molar-refractivity contribution in [3.05, 3.63) is 107 Å². The number of nitrogens with zero attached hydrogens (tertiary/aromatic N) is 4. The number of carbonyl (C=O) groups is 3. The molecule has 0 unspecified atom stereocenters. The predicted octanol–water partition coefficient (Wildman–Crippen LogP) is 8.17. The minimum Gasteiger partial charge on any atom is -0.428 e. The summed E-state index contributed by atoms with van der Waals surface area (Å²) in [5.74, 6) is 0.627. The highest BCUT2D eigenvalue weighted by Crippen LogP contribution is 2.34. The van der Waals surface area contributed by atoms with E-state index < -0.39 is 11.8 Å². The summed E-state index contributed by atoms with van der Waals surface area (Å²) < 4.78 is 13.1. The number of imidazole rings is 1. The van der Waals surface area contributed by atoms with E-state index in [2.05, 4.69) is 11.5 Å². The number of unbranched alkanes of at least 4 members (excludes halogenated alkanes) is 1. The van der Waals surface area contributed by atoms with E-state index >= 15 is 0 Å². The summed E-state index contributed by atoms with van der Waals surface area (Å²) in [6.07, 6.45) is 2.52. The van der Waals surface area contributed by atoms with Gasteiger partial charge in [-0.3, -0.25) is 9.59 Å². The number of benzene rings is 3. The second-order valence-corrected chi connectivity index (χ2v) is 12.6. The maximum Gasteiger partial charge on any atom is 0.514 e. The third-order valence-electron chi connectivity index (χ3n) is 8.08. The van der Waals surface area contributed by atoms with E-state index in [9.17, 15) is 14.4 Å². The molecule has 0 atom stereocenters. The molecule has 9 nitrogen and oxygen atoms in total. The Kier molecular flexibility index (Phi) is 8.64. The van der Waals surface area contributed by atoms with Crippen molar-refractivity contribution < 1.29 is 23.9 Å². The first-order valence-corrected chi connectivity index (χ1v) is 16.0. The van der Waals surface area contributed by atoms with Crippen LogP contribution in [0.25, 0.3) is 22.3 Å². The fraction of sp³-hybridized carbons (Fsp3) is 0.289. The molecule has 2 amide bonds. The maximum atomic E-state index is 13.4. The molecule has 0 radical (unpaired) electrons. The van der Waals surface area contributed by atoms with E-state index in [-0.39, 0.29) is 11.8 Å². The number of aromatic nitrogens is 3. The van der Waals surface area contributed by atoms with Crippen molar-refractivity contribution in [1.29, 1.82) is 0 Å². The molecular weight excluding hydrogens is 592 g/mol. The molecule has 5 aromatic rings. The molecule has 9 heteroatoms. The van der Waals surface area contributed by atoms with Gasteiger partial charge < -0.3 is 14.0 Å². The summed E-state index contributed by atoms with van der Waals surface area (Å²) in [7, 11) is 0. The van der Waals surface area contributed by atoms with Crippen LogP contribution in [0.3, 0.4) is 0 Å². The van der Waals surface area contributed by atoms with Gasteiger partial charge in [-0.1, -0.05) is 74.9 Å². The van der Waals surface area contributed by atoms with E-state index in [1.807, 2.05) is 55.5 Å². The predicted molar refractivity (Wildman–Crippen MR) is 181 cm³/mol. The van der Waals surface area contributed by atoms with Crippen LogP contribution in [0.5, 0.6) is 5.75 Å². The van der Waals surface area contributed by atoms with Gasteiger partial charge in [0, 0.05) is 18.5 Å². The average molecular weight is 631 g/mol. The number of aryl methyl sites for hydroxylation is 2. The highest BCUT2D eigenvalue weighted by molar-refractivity contribution is 6.34. The minimum absolute atomic E-state index is 0.342. The quantitative estimate of drug-likeness (QED) is 0.0919. The normalized spacial score (nSPS) is 12.9. The Hall–Kier alpha value is -5.31. The van der Waals surface area contributed by atoms with Crippen molar-refractivity contribution in [3.8, 4) is 16.9 Å². The third kappa shape index (κ3) is 6.38. The van der Waals surface area contributed by atoms with E-state index in [0.29, 0.717) is 46.9 Å². The standard InChI is InChI=1S/C38H38N4O5/c1-6-8-17-33-40-34-31(22-30(29(7-2)39-34)42-35(43)27-14-9-10-15-28(27)36(42)44)41(33)23-24-18-20-25(21-19-24)26-13-11-12-16-32(26)46-37(45)47-38(3,4)5/h9-16,18-22H,6-8,17,23H2,1-5H3. The van der Waals surface area contributed by atoms with E-state index in [0.717, 1.165) is 47.3 Å². The average Bonchev–Trinajstić information content (AvgIpc) is 3.51. The fourth-order valence-corrected chi connectivity index (χ4v) is 5.81. The number of anilines is 1. The molecule has 3 heterocycles. The lowest BCUT2D eigenvalue weighted by molar-refractivity contribution is 0.0207. The lowest BCUT2D eigenvalue weighted by Gasteiger charge is -2.19. The van der Waals surface area contributed by atoms with Gasteiger partial charge in [-0.05, 0) is 69.0 Å². The van der Waals surface area contributed by atoms with Crippen molar-refractivity contribution in [3.63, 3.8) is 0 Å². The molecule has 0 saturated heterocycles. The van der Waals surface area contributed by atoms with Crippen LogP contribution in [0, 0.1) is 0 Å². The van der Waals surface area contributed by atoms with Gasteiger partial charge >= 0.3 is 6.16 Å². The topological polar surface area (TPSA) is 104 Å². The fourth-order valence-electron chi connectivity index (χ4n) is 5.81. The van der Waals surface area contributed by atoms with E-state index in [1.165, 1.54) is 4.90 Å². The van der Waals surface area contributed by atoms with Crippen LogP contribution in [-0.4, -0.2) is 38.1 Å². The number of fused-ring (bicyclic) bond motifs is 2. The summed E-state index contributed by atoms with van der Waals surface area (Å²) in [5.41, 5.74) is 5.31. The zero-order valence-corrected chi connectivity index (χ0v) is 27.4. The summed E-state index contributed by atoms with van der Waals surface area (Å²) in [5, 5.41) is 0. The number of para-hydroxylation sites is 1. The molecule has 2 aromatic heterocycles. The molecule has 0 spiro atoms. The van der Waals surface area contributed by atoms with Gasteiger partial charge in [-0.2, -0.15) is 0 Å². The molecule has 47 heavy (non-hydrogen) atoms. The number of pyridine rings is 1. The monoisotopic (exact) mass is 630 g/mol. The lowest BCUT2D eigenvalue weighted by Crippen LogP contribution is -2.30. The summed E-state index contributed by atoms with van der Waals surface area (Å²) >= 11 is 0. The Labute approximate surface area is 274 Å². The SMILES string of the molecule is CCCCc1nc2nc(CC)c(N3C(=O)c4ccccc4C3=O)cc2n1Cc1ccc(-c2ccccc2OC(=O)OC(C)(C)C)cc1. The van der Waals surface area contributed by atoms with Crippen LogP contribution in [0.15, 0.2) is 78.9 Å². The molecule has 0 N–H and O–H groups in total. The van der Waals surface area contributed by atoms with Gasteiger partial charge in [0.2, 0.25) is 0 Å². The molecule has 0 fully saturated rings. The number of carbonyl (C=O) groups excluding carboxylic acids is 3. The first-order valence-electron chi connectivity index (χ1n) is 16.0. The Bertz CT molecular complexity index is 1950. The third-order valence-corrected chi connectivity index (χ3v) is 8.08. The van der Waals surface area contributed by atoms with E-state index in [1.54, 1.807) is 51.1 Å². The summed E-state index contributed by atoms with van der Waals surface area (Å²) in [6, 6.07) is 24.2. The number of hydrogen-bond donors (Lipinski definition) is 0. The highest BCUT2D eigenvalue weighted by Gasteiger charge is 2.38. The van der Waals surface area contributed by atoms with Crippen LogP contribution in [0.1, 0.15) is 85.3 Å². The molecule has 1 aliphatic heterocycles. The van der Waals surface area contributed by atoms with Gasteiger partial charge in [0.05, 0.1) is 28.0 Å². The zero-order valence-electron chi connectivity index (χ0n) is 27.4. The van der Waals surface area contributed by atoms with Crippen molar-refractivity contribution in [2.24, 2.45) is 0 Å². The summed E-state index contributed by atoms with van der Waals surface area (Å²) in [6.45, 7) is 9.99. The summed E-state index contributed by atoms with van der Waals surface area (Å²) in [4.78, 5) is 50.4. The number of amides is 2. The largest absolute Gasteiger partial charge is 0.514 e. The van der Waals surface area contributed by atoms with Gasteiger partial charge in [0.25, 0.3) is 11.8 Å². The molecule has 0 saturated carbocycles. The van der Waals surface area contributed by atoms with Crippen LogP contribution in [0.2, 0.25) is 0 Å². The van der Waals surface area contributed by atoms with Crippen LogP contribution < -0.4 is 9.64 Å². The first-order chi connectivity index (χ1) is 22.6. The van der Waals surface area contributed by atoms with Gasteiger partial charge in [-0.15, -0.1) is 0 Å². The van der Waals surface area contributed by atoms with Crippen molar-refractivity contribution in [2.45, 2.75) is 72.4 Å². The number of rotatable bonds is 9. The van der Waals surface area contributed by atoms with Gasteiger partial charge in [0.15, 0.2) is 5.65 Å². The van der Waals surface area contributed by atoms with E-state index in [4.69, 9.17) is 19.4 Å². The molecular formula is C38H38N4O5. The second-order valence-electron chi connectivity index (χ2n) is 12.6. The Balaban J connectivity index is 1.34. The van der Waals surface area contributed by atoms with Crippen molar-refractivity contribution >= 4 is 34.8 Å². The number of ether oxygens (including phenoxy) is 2. The number of imide groups is 1. The van der Waals surface area contributed by atoms with Crippen molar-refractivity contribution in [2.75, 3.05) is 4.90 Å². The molecule has 240 valence electrons. The van der Waals surface area contributed by atoms with Crippen LogP contribution in [-0.2, 0) is 24.1 Å². The molecule has 6 rings (SSSR count). The smallest absolute Gasteiger partial charge is 0.428 e.